The minimum atomic E-state index is -0.963. The summed E-state index contributed by atoms with van der Waals surface area (Å²) < 4.78 is 35.1. The molecule has 0 radical (unpaired) electrons. The molecule has 9 aromatic carbocycles. The lowest BCUT2D eigenvalue weighted by atomic mass is 9.99. The summed E-state index contributed by atoms with van der Waals surface area (Å²) in [5.41, 5.74) is 10.1. The first-order chi connectivity index (χ1) is 43.9. The normalized spacial score (nSPS) is 10.7. The van der Waals surface area contributed by atoms with Crippen LogP contribution in [0.1, 0.15) is 82.9 Å². The lowest BCUT2D eigenvalue weighted by molar-refractivity contribution is 0.0683. The standard InChI is InChI=1S/C26H23NO4.C25H21NO4.C24H19NO4/c1-2-23-19(8-5-11-24(23)26(28)29)16-30-21-9-6-10-22(15-21)31-17-20-14-13-18-7-3-4-12-25(18)27-20;1-17-19(7-4-10-23(17)25(27)28)15-29-21-8-5-9-22(14-21)30-16-20-13-12-18-6-2-3-11-24(18)26-20;26-24(27)22-7-3-1-6-18(22)15-28-20-11-13-21(14-12-20)29-16-19-10-9-17-5-2-4-8-23(17)25-19/h3-15H,2,16-17H2,1H3,(H,28,29);2-14H,15-16H2,1H3,(H,27,28);1-14H,15-16H2,(H,26,27). The number of carbonyl (C=O) groups is 3. The topological polar surface area (TPSA) is 206 Å². The van der Waals surface area contributed by atoms with Gasteiger partial charge in [-0.1, -0.05) is 134 Å². The molecule has 0 fully saturated rings. The van der Waals surface area contributed by atoms with E-state index in [0.717, 1.165) is 66.5 Å². The van der Waals surface area contributed by atoms with Crippen molar-refractivity contribution in [3.05, 3.63) is 304 Å². The van der Waals surface area contributed by atoms with Gasteiger partial charge < -0.3 is 43.7 Å². The van der Waals surface area contributed by atoms with Crippen LogP contribution in [0.25, 0.3) is 32.7 Å². The maximum absolute atomic E-state index is 11.5. The average Bonchev–Trinajstić information content (AvgIpc) is 2.36. The van der Waals surface area contributed by atoms with Crippen molar-refractivity contribution >= 4 is 50.6 Å². The van der Waals surface area contributed by atoms with Crippen molar-refractivity contribution in [2.24, 2.45) is 0 Å². The number of carboxylic acids is 3. The molecule has 0 unspecified atom stereocenters. The van der Waals surface area contributed by atoms with Crippen LogP contribution in [0.4, 0.5) is 0 Å². The molecule has 12 rings (SSSR count). The van der Waals surface area contributed by atoms with Crippen LogP contribution in [0.2, 0.25) is 0 Å². The number of rotatable bonds is 22. The third kappa shape index (κ3) is 16.7. The smallest absolute Gasteiger partial charge is 0.336 e. The lowest BCUT2D eigenvalue weighted by Gasteiger charge is -2.13. The second-order valence-electron chi connectivity index (χ2n) is 20.6. The van der Waals surface area contributed by atoms with E-state index in [1.165, 1.54) is 0 Å². The van der Waals surface area contributed by atoms with Gasteiger partial charge in [-0.3, -0.25) is 0 Å². The highest BCUT2D eigenvalue weighted by Gasteiger charge is 2.15. The Morgan fingerprint density at radius 1 is 0.322 bits per heavy atom. The summed E-state index contributed by atoms with van der Waals surface area (Å²) in [6.45, 7) is 5.57. The highest BCUT2D eigenvalue weighted by molar-refractivity contribution is 5.91. The van der Waals surface area contributed by atoms with Crippen molar-refractivity contribution in [3.8, 4) is 34.5 Å². The van der Waals surface area contributed by atoms with Gasteiger partial charge in [0.05, 0.1) is 50.3 Å². The maximum atomic E-state index is 11.5. The molecule has 0 bridgehead atoms. The fourth-order valence-electron chi connectivity index (χ4n) is 9.77. The summed E-state index contributed by atoms with van der Waals surface area (Å²) in [4.78, 5) is 47.8. The van der Waals surface area contributed by atoms with E-state index in [1.54, 1.807) is 67.6 Å². The quantitative estimate of drug-likeness (QED) is 0.0577. The van der Waals surface area contributed by atoms with Crippen LogP contribution in [0, 0.1) is 6.92 Å². The highest BCUT2D eigenvalue weighted by Crippen LogP contribution is 2.27. The fraction of sp³-hybridized carbons (Fsp3) is 0.120. The van der Waals surface area contributed by atoms with E-state index in [0.29, 0.717) is 84.0 Å². The number of fused-ring (bicyclic) bond motifs is 3. The molecule has 0 spiro atoms. The van der Waals surface area contributed by atoms with E-state index in [9.17, 15) is 29.7 Å². The molecule has 0 aliphatic heterocycles. The van der Waals surface area contributed by atoms with Crippen LogP contribution in [-0.4, -0.2) is 48.2 Å². The minimum Gasteiger partial charge on any atom is -0.489 e. The third-order valence-electron chi connectivity index (χ3n) is 14.5. The van der Waals surface area contributed by atoms with Gasteiger partial charge >= 0.3 is 17.9 Å². The number of hydrogen-bond acceptors (Lipinski definition) is 12. The Morgan fingerprint density at radius 3 is 1.11 bits per heavy atom. The van der Waals surface area contributed by atoms with Gasteiger partial charge in [0.25, 0.3) is 0 Å². The van der Waals surface area contributed by atoms with E-state index in [1.807, 2.05) is 189 Å². The molecule has 0 saturated carbocycles. The summed E-state index contributed by atoms with van der Waals surface area (Å²) in [5, 5.41) is 31.2. The van der Waals surface area contributed by atoms with E-state index in [2.05, 4.69) is 15.0 Å². The van der Waals surface area contributed by atoms with Crippen molar-refractivity contribution in [2.45, 2.75) is 59.9 Å². The molecular weight excluding hydrogens is 1130 g/mol. The van der Waals surface area contributed by atoms with Gasteiger partial charge in [0, 0.05) is 33.9 Å². The molecule has 0 amide bonds. The average molecular weight is 1200 g/mol. The molecule has 3 N–H and O–H groups in total. The maximum Gasteiger partial charge on any atom is 0.336 e. The molecule has 0 saturated heterocycles. The summed E-state index contributed by atoms with van der Waals surface area (Å²) >= 11 is 0. The molecule has 3 aromatic heterocycles. The monoisotopic (exact) mass is 1200 g/mol. The Hall–Kier alpha value is -11.6. The molecule has 90 heavy (non-hydrogen) atoms. The van der Waals surface area contributed by atoms with Crippen LogP contribution >= 0.6 is 0 Å². The van der Waals surface area contributed by atoms with Gasteiger partial charge in [0.2, 0.25) is 0 Å². The predicted molar refractivity (Wildman–Crippen MR) is 345 cm³/mol. The molecule has 0 atom stereocenters. The molecule has 450 valence electrons. The Kier molecular flexibility index (Phi) is 20.6. The van der Waals surface area contributed by atoms with Crippen molar-refractivity contribution in [3.63, 3.8) is 0 Å². The van der Waals surface area contributed by atoms with Gasteiger partial charge in [-0.05, 0) is 139 Å². The van der Waals surface area contributed by atoms with Gasteiger partial charge in [-0.2, -0.15) is 0 Å². The van der Waals surface area contributed by atoms with Crippen LogP contribution in [0.5, 0.6) is 34.5 Å². The molecular formula is C75H63N3O12. The highest BCUT2D eigenvalue weighted by atomic mass is 16.5. The van der Waals surface area contributed by atoms with Gasteiger partial charge in [-0.25, -0.2) is 29.3 Å². The Morgan fingerprint density at radius 2 is 0.656 bits per heavy atom. The Balaban J connectivity index is 0.000000149. The van der Waals surface area contributed by atoms with Crippen LogP contribution in [0.3, 0.4) is 0 Å². The van der Waals surface area contributed by atoms with Crippen molar-refractivity contribution < 1.29 is 58.1 Å². The summed E-state index contributed by atoms with van der Waals surface area (Å²) in [7, 11) is 0. The van der Waals surface area contributed by atoms with Crippen molar-refractivity contribution in [2.75, 3.05) is 0 Å². The van der Waals surface area contributed by atoms with Gasteiger partial charge in [0.1, 0.15) is 74.1 Å². The zero-order valence-corrected chi connectivity index (χ0v) is 49.4. The largest absolute Gasteiger partial charge is 0.489 e. The van der Waals surface area contributed by atoms with Gasteiger partial charge in [-0.15, -0.1) is 0 Å². The van der Waals surface area contributed by atoms with Crippen molar-refractivity contribution in [1.29, 1.82) is 0 Å². The first kappa shape index (κ1) is 61.5. The summed E-state index contributed by atoms with van der Waals surface area (Å²) in [6.07, 6.45) is 0.628. The zero-order valence-electron chi connectivity index (χ0n) is 49.4. The van der Waals surface area contributed by atoms with Crippen LogP contribution in [-0.2, 0) is 46.1 Å². The number of nitrogens with zero attached hydrogens (tertiary/aromatic N) is 3. The Labute approximate surface area is 520 Å². The number of ether oxygens (including phenoxy) is 6. The summed E-state index contributed by atoms with van der Waals surface area (Å²) in [6, 6.07) is 75.2. The van der Waals surface area contributed by atoms with Crippen LogP contribution < -0.4 is 28.4 Å². The number of pyridine rings is 3. The van der Waals surface area contributed by atoms with Gasteiger partial charge in [0.15, 0.2) is 0 Å². The molecule has 3 heterocycles. The zero-order chi connectivity index (χ0) is 62.6. The predicted octanol–water partition coefficient (Wildman–Crippen LogP) is 16.1. The molecule has 15 heteroatoms. The Bertz CT molecular complexity index is 4460. The first-order valence-electron chi connectivity index (χ1n) is 29.0. The van der Waals surface area contributed by atoms with E-state index >= 15 is 0 Å². The number of hydrogen-bond donors (Lipinski definition) is 3. The lowest BCUT2D eigenvalue weighted by Crippen LogP contribution is -2.07. The molecule has 0 aliphatic carbocycles. The van der Waals surface area contributed by atoms with E-state index in [4.69, 9.17) is 28.4 Å². The first-order valence-corrected chi connectivity index (χ1v) is 29.0. The SMILES string of the molecule is CCc1c(COc2cccc(OCc3ccc4ccccc4n3)c2)cccc1C(=O)O.Cc1c(COc2cccc(OCc3ccc4ccccc4n3)c2)cccc1C(=O)O.O=C(O)c1ccccc1COc1ccc(OCc2ccc3ccccc3n2)cc1. The second-order valence-corrected chi connectivity index (χ2v) is 20.6. The van der Waals surface area contributed by atoms with Crippen LogP contribution in [0.15, 0.2) is 243 Å². The van der Waals surface area contributed by atoms with Crippen molar-refractivity contribution in [1.82, 2.24) is 15.0 Å². The van der Waals surface area contributed by atoms with E-state index < -0.39 is 17.9 Å². The third-order valence-corrected chi connectivity index (χ3v) is 14.5. The second kappa shape index (κ2) is 30.2. The molecule has 15 nitrogen and oxygen atoms in total. The summed E-state index contributed by atoms with van der Waals surface area (Å²) in [5.74, 6) is 1.20. The van der Waals surface area contributed by atoms with E-state index in [-0.39, 0.29) is 24.3 Å². The fourth-order valence-corrected chi connectivity index (χ4v) is 9.77. The molecule has 0 aliphatic rings. The number of aromatic carboxylic acids is 3. The number of carboxylic acid groups (broad SMARTS) is 3. The number of para-hydroxylation sites is 3. The number of aromatic nitrogens is 3. The minimum absolute atomic E-state index is 0.184. The number of benzene rings is 9. The molecule has 12 aromatic rings.